The molecule has 1 heterocycles. The molecule has 0 saturated heterocycles. The Hall–Kier alpha value is -1.70. The zero-order valence-corrected chi connectivity index (χ0v) is 10.9. The molecule has 0 aliphatic heterocycles. The van der Waals surface area contributed by atoms with E-state index >= 15 is 0 Å². The van der Waals surface area contributed by atoms with Crippen LogP contribution in [0.15, 0.2) is 34.9 Å². The topological polar surface area (TPSA) is 93.3 Å². The van der Waals surface area contributed by atoms with Crippen LogP contribution in [0.1, 0.15) is 5.56 Å². The quantitative estimate of drug-likeness (QED) is 0.589. The number of benzene rings is 1. The fourth-order valence-electron chi connectivity index (χ4n) is 1.33. The van der Waals surface area contributed by atoms with Crippen molar-refractivity contribution in [1.82, 2.24) is 9.97 Å². The van der Waals surface area contributed by atoms with E-state index in [0.29, 0.717) is 21.7 Å². The zero-order chi connectivity index (χ0) is 13.0. The van der Waals surface area contributed by atoms with Crippen LogP contribution in [-0.4, -0.2) is 15.1 Å². The van der Waals surface area contributed by atoms with E-state index in [4.69, 9.17) is 10.6 Å². The lowest BCUT2D eigenvalue weighted by molar-refractivity contribution is 0.276. The molecule has 0 amide bonds. The first-order valence-corrected chi connectivity index (χ1v) is 5.89. The van der Waals surface area contributed by atoms with Gasteiger partial charge in [0.25, 0.3) is 0 Å². The predicted molar refractivity (Wildman–Crippen MR) is 70.0 cm³/mol. The summed E-state index contributed by atoms with van der Waals surface area (Å²) < 4.78 is 6.21. The van der Waals surface area contributed by atoms with Gasteiger partial charge in [0.2, 0.25) is 11.8 Å². The first kappa shape index (κ1) is 12.7. The van der Waals surface area contributed by atoms with Gasteiger partial charge in [-0.3, -0.25) is 5.43 Å². The predicted octanol–water partition coefficient (Wildman–Crippen LogP) is 1.81. The van der Waals surface area contributed by atoms with Gasteiger partial charge in [0.15, 0.2) is 0 Å². The van der Waals surface area contributed by atoms with Crippen molar-refractivity contribution in [1.29, 1.82) is 0 Å². The van der Waals surface area contributed by atoms with E-state index in [2.05, 4.69) is 31.3 Å². The highest BCUT2D eigenvalue weighted by Crippen LogP contribution is 2.29. The second-order valence-corrected chi connectivity index (χ2v) is 4.21. The van der Waals surface area contributed by atoms with Crippen LogP contribution in [-0.2, 0) is 6.61 Å². The van der Waals surface area contributed by atoms with Crippen molar-refractivity contribution in [3.8, 4) is 11.6 Å². The standard InChI is InChI=1S/C11H11BrN4O2/c12-8-5-14-11(16-13)15-10(8)18-9-4-2-1-3-7(9)6-17/h1-5,17H,6,13H2,(H,14,15,16). The van der Waals surface area contributed by atoms with Gasteiger partial charge in [0, 0.05) is 5.56 Å². The summed E-state index contributed by atoms with van der Waals surface area (Å²) in [5.41, 5.74) is 3.01. The Bertz CT molecular complexity index is 550. The molecule has 1 aromatic carbocycles. The largest absolute Gasteiger partial charge is 0.437 e. The molecule has 2 rings (SSSR count). The average molecular weight is 311 g/mol. The second-order valence-electron chi connectivity index (χ2n) is 3.36. The van der Waals surface area contributed by atoms with Gasteiger partial charge in [0.05, 0.1) is 17.3 Å². The lowest BCUT2D eigenvalue weighted by Gasteiger charge is -2.10. The fraction of sp³-hybridized carbons (Fsp3) is 0.0909. The van der Waals surface area contributed by atoms with Gasteiger partial charge in [-0.15, -0.1) is 0 Å². The van der Waals surface area contributed by atoms with E-state index in [9.17, 15) is 5.11 Å². The normalized spacial score (nSPS) is 10.2. The van der Waals surface area contributed by atoms with Crippen LogP contribution in [0.3, 0.4) is 0 Å². The number of aliphatic hydroxyl groups is 1. The molecule has 0 bridgehead atoms. The summed E-state index contributed by atoms with van der Waals surface area (Å²) in [6.07, 6.45) is 1.53. The molecule has 2 aromatic rings. The summed E-state index contributed by atoms with van der Waals surface area (Å²) in [7, 11) is 0. The van der Waals surface area contributed by atoms with Crippen LogP contribution in [0.5, 0.6) is 11.6 Å². The van der Waals surface area contributed by atoms with Crippen LogP contribution >= 0.6 is 15.9 Å². The van der Waals surface area contributed by atoms with Crippen molar-refractivity contribution in [2.75, 3.05) is 5.43 Å². The van der Waals surface area contributed by atoms with Crippen LogP contribution in [0.25, 0.3) is 0 Å². The Morgan fingerprint density at radius 1 is 1.39 bits per heavy atom. The number of aliphatic hydroxyl groups excluding tert-OH is 1. The summed E-state index contributed by atoms with van der Waals surface area (Å²) in [4.78, 5) is 7.98. The second kappa shape index (κ2) is 5.76. The number of nitrogens with two attached hydrogens (primary N) is 1. The number of nitrogens with zero attached hydrogens (tertiary/aromatic N) is 2. The number of nitrogens with one attached hydrogen (secondary N) is 1. The van der Waals surface area contributed by atoms with Gasteiger partial charge < -0.3 is 9.84 Å². The summed E-state index contributed by atoms with van der Waals surface area (Å²) in [6, 6.07) is 7.15. The molecule has 0 saturated carbocycles. The molecule has 0 radical (unpaired) electrons. The lowest BCUT2D eigenvalue weighted by Crippen LogP contribution is -2.10. The molecule has 1 aromatic heterocycles. The molecule has 0 unspecified atom stereocenters. The molecular weight excluding hydrogens is 300 g/mol. The average Bonchev–Trinajstić information content (AvgIpc) is 2.42. The number of ether oxygens (including phenoxy) is 1. The monoisotopic (exact) mass is 310 g/mol. The fourth-order valence-corrected chi connectivity index (χ4v) is 1.60. The molecule has 6 nitrogen and oxygen atoms in total. The number of para-hydroxylation sites is 1. The highest BCUT2D eigenvalue weighted by Gasteiger charge is 2.09. The van der Waals surface area contributed by atoms with Crippen LogP contribution < -0.4 is 16.0 Å². The van der Waals surface area contributed by atoms with Crippen LogP contribution in [0.2, 0.25) is 0 Å². The molecule has 0 atom stereocenters. The van der Waals surface area contributed by atoms with Crippen LogP contribution in [0.4, 0.5) is 5.95 Å². The summed E-state index contributed by atoms with van der Waals surface area (Å²) in [6.45, 7) is -0.110. The number of halogens is 1. The number of hydrogen-bond donors (Lipinski definition) is 3. The number of hydrazine groups is 1. The molecular formula is C11H11BrN4O2. The maximum atomic E-state index is 9.21. The summed E-state index contributed by atoms with van der Waals surface area (Å²) in [5, 5.41) is 9.21. The molecule has 4 N–H and O–H groups in total. The Kier molecular flexibility index (Phi) is 4.08. The van der Waals surface area contributed by atoms with E-state index in [1.165, 1.54) is 6.20 Å². The minimum absolute atomic E-state index is 0.110. The van der Waals surface area contributed by atoms with Gasteiger partial charge in [-0.05, 0) is 22.0 Å². The van der Waals surface area contributed by atoms with E-state index in [1.54, 1.807) is 12.1 Å². The van der Waals surface area contributed by atoms with Gasteiger partial charge in [-0.2, -0.15) is 4.98 Å². The first-order valence-electron chi connectivity index (χ1n) is 5.10. The molecule has 0 aliphatic carbocycles. The number of nitrogen functional groups attached to an aromatic ring is 1. The third-order valence-corrected chi connectivity index (χ3v) is 2.73. The van der Waals surface area contributed by atoms with E-state index in [1.807, 2.05) is 12.1 Å². The zero-order valence-electron chi connectivity index (χ0n) is 9.30. The van der Waals surface area contributed by atoms with Gasteiger partial charge >= 0.3 is 0 Å². The molecule has 94 valence electrons. The SMILES string of the molecule is NNc1ncc(Br)c(Oc2ccccc2CO)n1. The maximum absolute atomic E-state index is 9.21. The maximum Gasteiger partial charge on any atom is 0.240 e. The van der Waals surface area contributed by atoms with Crippen molar-refractivity contribution in [2.45, 2.75) is 6.61 Å². The molecule has 0 fully saturated rings. The molecule has 7 heteroatoms. The molecule has 0 aliphatic rings. The van der Waals surface area contributed by atoms with Crippen molar-refractivity contribution in [3.05, 3.63) is 40.5 Å². The van der Waals surface area contributed by atoms with Crippen molar-refractivity contribution < 1.29 is 9.84 Å². The number of anilines is 1. The highest BCUT2D eigenvalue weighted by molar-refractivity contribution is 9.10. The minimum Gasteiger partial charge on any atom is -0.437 e. The van der Waals surface area contributed by atoms with Gasteiger partial charge in [0.1, 0.15) is 5.75 Å². The van der Waals surface area contributed by atoms with Crippen LogP contribution in [0, 0.1) is 0 Å². The lowest BCUT2D eigenvalue weighted by atomic mass is 10.2. The van der Waals surface area contributed by atoms with E-state index in [-0.39, 0.29) is 12.6 Å². The van der Waals surface area contributed by atoms with Gasteiger partial charge in [-0.1, -0.05) is 18.2 Å². The summed E-state index contributed by atoms with van der Waals surface area (Å²) in [5.74, 6) is 6.33. The number of aromatic nitrogens is 2. The Balaban J connectivity index is 2.33. The van der Waals surface area contributed by atoms with E-state index < -0.39 is 0 Å². The molecule has 18 heavy (non-hydrogen) atoms. The van der Waals surface area contributed by atoms with E-state index in [0.717, 1.165) is 0 Å². The summed E-state index contributed by atoms with van der Waals surface area (Å²) >= 11 is 3.28. The number of rotatable bonds is 4. The highest BCUT2D eigenvalue weighted by atomic mass is 79.9. The van der Waals surface area contributed by atoms with Gasteiger partial charge in [-0.25, -0.2) is 10.8 Å². The third-order valence-electron chi connectivity index (χ3n) is 2.19. The Labute approximate surface area is 112 Å². The Morgan fingerprint density at radius 3 is 2.89 bits per heavy atom. The number of hydrogen-bond acceptors (Lipinski definition) is 6. The first-order chi connectivity index (χ1) is 8.74. The minimum atomic E-state index is -0.110. The van der Waals surface area contributed by atoms with Crippen molar-refractivity contribution in [2.24, 2.45) is 5.84 Å². The van der Waals surface area contributed by atoms with Crippen molar-refractivity contribution in [3.63, 3.8) is 0 Å². The smallest absolute Gasteiger partial charge is 0.240 e. The van der Waals surface area contributed by atoms with Crippen molar-refractivity contribution >= 4 is 21.9 Å². The third kappa shape index (κ3) is 2.76. The molecule has 0 spiro atoms. The Morgan fingerprint density at radius 2 is 2.17 bits per heavy atom.